The van der Waals surface area contributed by atoms with E-state index in [4.69, 9.17) is 9.16 Å². The molecule has 0 spiro atoms. The second-order valence-corrected chi connectivity index (χ2v) is 4.21. The van der Waals surface area contributed by atoms with E-state index in [2.05, 4.69) is 13.5 Å². The lowest BCUT2D eigenvalue weighted by Crippen LogP contribution is -2.04. The topological polar surface area (TPSA) is 35.5 Å². The largest absolute Gasteiger partial charge is 0.463 e. The minimum Gasteiger partial charge on any atom is -0.463 e. The van der Waals surface area contributed by atoms with Crippen molar-refractivity contribution >= 4 is 15.7 Å². The third kappa shape index (κ3) is 9.30. The van der Waals surface area contributed by atoms with Gasteiger partial charge in [-0.05, 0) is 18.9 Å². The molecular formula is C9H18O3Si. The number of ether oxygens (including phenoxy) is 1. The Morgan fingerprint density at radius 2 is 2.31 bits per heavy atom. The molecule has 76 valence electrons. The number of carbonyl (C=O) groups is 1. The summed E-state index contributed by atoms with van der Waals surface area (Å²) in [6.07, 6.45) is 3.18. The van der Waals surface area contributed by atoms with E-state index in [0.29, 0.717) is 6.61 Å². The molecule has 0 aromatic rings. The number of hydrogen-bond acceptors (Lipinski definition) is 3. The van der Waals surface area contributed by atoms with E-state index in [1.807, 2.05) is 0 Å². The van der Waals surface area contributed by atoms with E-state index in [-0.39, 0.29) is 15.7 Å². The van der Waals surface area contributed by atoms with Crippen LogP contribution in [0.25, 0.3) is 0 Å². The molecular weight excluding hydrogens is 184 g/mol. The zero-order valence-electron chi connectivity index (χ0n) is 8.25. The van der Waals surface area contributed by atoms with Crippen LogP contribution < -0.4 is 0 Å². The number of esters is 1. The van der Waals surface area contributed by atoms with Crippen molar-refractivity contribution in [2.75, 3.05) is 13.2 Å². The molecule has 0 aliphatic heterocycles. The predicted octanol–water partition coefficient (Wildman–Crippen LogP) is 1.03. The van der Waals surface area contributed by atoms with E-state index in [1.165, 1.54) is 6.08 Å². The van der Waals surface area contributed by atoms with Crippen LogP contribution in [0.4, 0.5) is 0 Å². The number of rotatable bonds is 8. The lowest BCUT2D eigenvalue weighted by atomic mass is 10.5. The Kier molecular flexibility index (Phi) is 9.03. The van der Waals surface area contributed by atoms with Crippen molar-refractivity contribution in [3.05, 3.63) is 12.7 Å². The first-order valence-corrected chi connectivity index (χ1v) is 6.26. The third-order valence-corrected chi connectivity index (χ3v) is 2.81. The van der Waals surface area contributed by atoms with Gasteiger partial charge in [0.2, 0.25) is 0 Å². The molecule has 0 aromatic heterocycles. The fourth-order valence-electron chi connectivity index (χ4n) is 0.784. The molecule has 0 aromatic carbocycles. The van der Waals surface area contributed by atoms with Gasteiger partial charge in [0.15, 0.2) is 9.76 Å². The lowest BCUT2D eigenvalue weighted by molar-refractivity contribution is -0.137. The molecule has 0 aliphatic rings. The van der Waals surface area contributed by atoms with E-state index < -0.39 is 0 Å². The van der Waals surface area contributed by atoms with Gasteiger partial charge in [0.1, 0.15) is 0 Å². The molecule has 0 heterocycles. The second-order valence-electron chi connectivity index (χ2n) is 2.69. The molecule has 13 heavy (non-hydrogen) atoms. The van der Waals surface area contributed by atoms with Gasteiger partial charge >= 0.3 is 5.97 Å². The second kappa shape index (κ2) is 9.47. The van der Waals surface area contributed by atoms with Crippen molar-refractivity contribution in [3.63, 3.8) is 0 Å². The van der Waals surface area contributed by atoms with Crippen LogP contribution in [0.3, 0.4) is 0 Å². The monoisotopic (exact) mass is 202 g/mol. The van der Waals surface area contributed by atoms with Crippen molar-refractivity contribution in [2.45, 2.75) is 25.8 Å². The van der Waals surface area contributed by atoms with Gasteiger partial charge in [-0.2, -0.15) is 0 Å². The average Bonchev–Trinajstić information content (AvgIpc) is 2.16. The van der Waals surface area contributed by atoms with Crippen LogP contribution in [0, 0.1) is 0 Å². The summed E-state index contributed by atoms with van der Waals surface area (Å²) < 4.78 is 10.2. The third-order valence-electron chi connectivity index (χ3n) is 1.44. The van der Waals surface area contributed by atoms with Crippen LogP contribution in [-0.2, 0) is 14.0 Å². The molecule has 4 heteroatoms. The molecule has 0 rings (SSSR count). The van der Waals surface area contributed by atoms with Crippen molar-refractivity contribution in [3.8, 4) is 0 Å². The Bertz CT molecular complexity index is 148. The van der Waals surface area contributed by atoms with Crippen molar-refractivity contribution in [2.24, 2.45) is 0 Å². The maximum Gasteiger partial charge on any atom is 0.330 e. The fraction of sp³-hybridized carbons (Fsp3) is 0.667. The number of hydrogen-bond donors (Lipinski definition) is 0. The van der Waals surface area contributed by atoms with Gasteiger partial charge in [-0.15, -0.1) is 0 Å². The van der Waals surface area contributed by atoms with E-state index in [9.17, 15) is 4.79 Å². The molecule has 0 unspecified atom stereocenters. The molecule has 0 fully saturated rings. The summed E-state index contributed by atoms with van der Waals surface area (Å²) in [5, 5.41) is 0. The predicted molar refractivity (Wildman–Crippen MR) is 55.4 cm³/mol. The smallest absolute Gasteiger partial charge is 0.330 e. The van der Waals surface area contributed by atoms with Crippen LogP contribution in [0.5, 0.6) is 0 Å². The quantitative estimate of drug-likeness (QED) is 0.255. The van der Waals surface area contributed by atoms with Gasteiger partial charge in [-0.1, -0.05) is 13.5 Å². The molecule has 0 bridgehead atoms. The zero-order chi connectivity index (χ0) is 9.94. The van der Waals surface area contributed by atoms with Crippen molar-refractivity contribution in [1.29, 1.82) is 0 Å². The molecule has 0 amide bonds. The van der Waals surface area contributed by atoms with E-state index >= 15 is 0 Å². The minimum absolute atomic E-state index is 0.337. The zero-order valence-corrected chi connectivity index (χ0v) is 9.67. The molecule has 0 aliphatic carbocycles. The van der Waals surface area contributed by atoms with E-state index in [1.54, 1.807) is 0 Å². The molecule has 3 nitrogen and oxygen atoms in total. The normalized spacial score (nSPS) is 10.5. The van der Waals surface area contributed by atoms with Gasteiger partial charge < -0.3 is 9.16 Å². The Morgan fingerprint density at radius 1 is 1.54 bits per heavy atom. The highest BCUT2D eigenvalue weighted by Crippen LogP contribution is 1.92. The standard InChI is InChI=1S/C9H18O3Si/c1-3-6-12-13-8-5-7-11-9(10)4-2/h4H,2-3,5-8,13H2,1H3. The first kappa shape index (κ1) is 12.4. The number of carbonyl (C=O) groups excluding carboxylic acids is 1. The van der Waals surface area contributed by atoms with Gasteiger partial charge in [-0.3, -0.25) is 0 Å². The Morgan fingerprint density at radius 3 is 2.92 bits per heavy atom. The summed E-state index contributed by atoms with van der Waals surface area (Å²) in [5.41, 5.74) is 0. The summed E-state index contributed by atoms with van der Waals surface area (Å²) in [7, 11) is -0.368. The van der Waals surface area contributed by atoms with Gasteiger partial charge in [-0.25, -0.2) is 4.79 Å². The first-order chi connectivity index (χ1) is 6.31. The van der Waals surface area contributed by atoms with Gasteiger partial charge in [0.05, 0.1) is 6.61 Å². The highest BCUT2D eigenvalue weighted by molar-refractivity contribution is 6.26. The lowest BCUT2D eigenvalue weighted by Gasteiger charge is -2.02. The van der Waals surface area contributed by atoms with Crippen LogP contribution in [0.1, 0.15) is 19.8 Å². The molecule has 0 saturated carbocycles. The fourth-order valence-corrected chi connectivity index (χ4v) is 1.89. The Labute approximate surface area is 82.1 Å². The summed E-state index contributed by atoms with van der Waals surface area (Å²) in [5.74, 6) is -0.337. The SMILES string of the molecule is C=CC(=O)OCCC[SiH2]OCCC. The maximum absolute atomic E-state index is 10.6. The highest BCUT2D eigenvalue weighted by atomic mass is 28.2. The van der Waals surface area contributed by atoms with Crippen molar-refractivity contribution in [1.82, 2.24) is 0 Å². The first-order valence-electron chi connectivity index (χ1n) is 4.68. The molecule has 0 saturated heterocycles. The summed E-state index contributed by atoms with van der Waals surface area (Å²) >= 11 is 0. The van der Waals surface area contributed by atoms with Crippen LogP contribution in [0.15, 0.2) is 12.7 Å². The van der Waals surface area contributed by atoms with Crippen LogP contribution in [0.2, 0.25) is 6.04 Å². The van der Waals surface area contributed by atoms with E-state index in [0.717, 1.165) is 25.5 Å². The van der Waals surface area contributed by atoms with Gasteiger partial charge in [0.25, 0.3) is 0 Å². The van der Waals surface area contributed by atoms with Gasteiger partial charge in [0, 0.05) is 12.7 Å². The van der Waals surface area contributed by atoms with Crippen LogP contribution in [-0.4, -0.2) is 28.9 Å². The molecule has 0 atom stereocenters. The minimum atomic E-state index is -0.368. The molecule has 0 N–H and O–H groups in total. The Hall–Kier alpha value is -0.613. The summed E-state index contributed by atoms with van der Waals surface area (Å²) in [6, 6.07) is 1.07. The van der Waals surface area contributed by atoms with Crippen LogP contribution >= 0.6 is 0 Å². The van der Waals surface area contributed by atoms with Crippen molar-refractivity contribution < 1.29 is 14.0 Å². The highest BCUT2D eigenvalue weighted by Gasteiger charge is 1.95. The maximum atomic E-state index is 10.6. The summed E-state index contributed by atoms with van der Waals surface area (Å²) in [6.45, 7) is 6.77. The Balaban J connectivity index is 2.99. The summed E-state index contributed by atoms with van der Waals surface area (Å²) in [4.78, 5) is 10.6. The molecule has 0 radical (unpaired) electrons. The average molecular weight is 202 g/mol.